The van der Waals surface area contributed by atoms with E-state index in [1.807, 2.05) is 11.9 Å². The number of H-pyrrole nitrogens is 1. The molecule has 7 heteroatoms. The van der Waals surface area contributed by atoms with Gasteiger partial charge >= 0.3 is 17.2 Å². The average molecular weight is 462 g/mol. The number of benzene rings is 1. The smallest absolute Gasteiger partial charge is 0.359 e. The summed E-state index contributed by atoms with van der Waals surface area (Å²) in [5.74, 6) is -1.91. The summed E-state index contributed by atoms with van der Waals surface area (Å²) in [6.45, 7) is 8.96. The Balaban J connectivity index is 0.000000361. The first kappa shape index (κ1) is 28.6. The highest BCUT2D eigenvalue weighted by molar-refractivity contribution is 5.33. The van der Waals surface area contributed by atoms with Gasteiger partial charge in [0.1, 0.15) is 0 Å². The van der Waals surface area contributed by atoms with Crippen molar-refractivity contribution in [3.63, 3.8) is 0 Å². The SMILES string of the molecule is CCCCc1ccccc1C(N)(CCCC)CCCC.CCCCn1c(=O)[nH]c(=O)oc1=O. The molecule has 0 saturated carbocycles. The van der Waals surface area contributed by atoms with E-state index in [-0.39, 0.29) is 12.1 Å². The maximum absolute atomic E-state index is 11.0. The Kier molecular flexibility index (Phi) is 13.4. The molecule has 0 fully saturated rings. The summed E-state index contributed by atoms with van der Waals surface area (Å²) < 4.78 is 5.05. The number of nitrogens with one attached hydrogen (secondary N) is 1. The largest absolute Gasteiger partial charge is 0.427 e. The molecule has 0 bridgehead atoms. The van der Waals surface area contributed by atoms with E-state index in [0.717, 1.165) is 23.8 Å². The van der Waals surface area contributed by atoms with Crippen molar-refractivity contribution in [2.75, 3.05) is 0 Å². The van der Waals surface area contributed by atoms with Crippen molar-refractivity contribution in [2.24, 2.45) is 5.73 Å². The van der Waals surface area contributed by atoms with Gasteiger partial charge in [-0.15, -0.1) is 0 Å². The van der Waals surface area contributed by atoms with Gasteiger partial charge in [0.25, 0.3) is 0 Å². The molecule has 186 valence electrons. The Labute approximate surface area is 197 Å². The molecular formula is C26H43N3O4. The van der Waals surface area contributed by atoms with Crippen molar-refractivity contribution in [3.8, 4) is 0 Å². The van der Waals surface area contributed by atoms with Crippen LogP contribution >= 0.6 is 0 Å². The van der Waals surface area contributed by atoms with E-state index in [9.17, 15) is 14.4 Å². The maximum atomic E-state index is 11.0. The highest BCUT2D eigenvalue weighted by Gasteiger charge is 2.28. The lowest BCUT2D eigenvalue weighted by Crippen LogP contribution is -2.39. The molecular weight excluding hydrogens is 418 g/mol. The molecule has 3 N–H and O–H groups in total. The molecule has 33 heavy (non-hydrogen) atoms. The van der Waals surface area contributed by atoms with Gasteiger partial charge in [0.2, 0.25) is 0 Å². The van der Waals surface area contributed by atoms with Gasteiger partial charge in [0.15, 0.2) is 0 Å². The van der Waals surface area contributed by atoms with Crippen LogP contribution in [0.1, 0.15) is 103 Å². The predicted octanol–water partition coefficient (Wildman–Crippen LogP) is 4.85. The Morgan fingerprint density at radius 2 is 1.45 bits per heavy atom. The number of unbranched alkanes of at least 4 members (excludes halogenated alkanes) is 4. The molecule has 0 aliphatic heterocycles. The van der Waals surface area contributed by atoms with Gasteiger partial charge in [-0.25, -0.2) is 23.9 Å². The number of aryl methyl sites for hydroxylation is 1. The number of aromatic amines is 1. The summed E-state index contributed by atoms with van der Waals surface area (Å²) in [5, 5.41) is 0. The third kappa shape index (κ3) is 9.54. The van der Waals surface area contributed by atoms with Crippen LogP contribution in [0, 0.1) is 0 Å². The van der Waals surface area contributed by atoms with E-state index in [4.69, 9.17) is 5.73 Å². The first-order chi connectivity index (χ1) is 15.8. The van der Waals surface area contributed by atoms with Crippen LogP contribution in [0.2, 0.25) is 0 Å². The second kappa shape index (κ2) is 15.4. The molecule has 0 aliphatic carbocycles. The Morgan fingerprint density at radius 3 is 2.00 bits per heavy atom. The number of aromatic nitrogens is 2. The third-order valence-electron chi connectivity index (χ3n) is 5.90. The van der Waals surface area contributed by atoms with Crippen LogP contribution in [-0.2, 0) is 18.5 Å². The standard InChI is InChI=1S/C19H33N.C7H10N2O4/c1-4-7-12-17-13-10-11-14-18(17)19(20,15-8-5-2)16-9-6-3;1-2-3-4-9-5(10)8-6(11)13-7(9)12/h10-11,13-14H,4-9,12,15-16,20H2,1-3H3;2-4H2,1H3,(H,8,10,11). The van der Waals surface area contributed by atoms with Gasteiger partial charge < -0.3 is 10.2 Å². The topological polar surface area (TPSA) is 111 Å². The highest BCUT2D eigenvalue weighted by atomic mass is 16.5. The molecule has 1 heterocycles. The van der Waals surface area contributed by atoms with Crippen LogP contribution in [0.15, 0.2) is 43.1 Å². The number of hydrogen-bond acceptors (Lipinski definition) is 5. The predicted molar refractivity (Wildman–Crippen MR) is 135 cm³/mol. The second-order valence-corrected chi connectivity index (χ2v) is 8.71. The quantitative estimate of drug-likeness (QED) is 0.443. The minimum absolute atomic E-state index is 0.115. The average Bonchev–Trinajstić information content (AvgIpc) is 2.80. The molecule has 0 spiro atoms. The summed E-state index contributed by atoms with van der Waals surface area (Å²) in [7, 11) is 0. The summed E-state index contributed by atoms with van der Waals surface area (Å²) in [5.41, 5.74) is 8.92. The van der Waals surface area contributed by atoms with Gasteiger partial charge in [0, 0.05) is 12.1 Å². The van der Waals surface area contributed by atoms with E-state index in [0.29, 0.717) is 6.42 Å². The summed E-state index contributed by atoms with van der Waals surface area (Å²) in [4.78, 5) is 34.3. The number of nitrogens with two attached hydrogens (primary N) is 1. The first-order valence-electron chi connectivity index (χ1n) is 12.5. The zero-order valence-corrected chi connectivity index (χ0v) is 21.0. The van der Waals surface area contributed by atoms with Crippen LogP contribution < -0.4 is 22.9 Å². The molecule has 1 aromatic heterocycles. The Bertz CT molecular complexity index is 932. The lowest BCUT2D eigenvalue weighted by Gasteiger charge is -2.32. The van der Waals surface area contributed by atoms with Gasteiger partial charge in [-0.3, -0.25) is 0 Å². The Morgan fingerprint density at radius 1 is 0.879 bits per heavy atom. The minimum Gasteiger partial charge on any atom is -0.359 e. The summed E-state index contributed by atoms with van der Waals surface area (Å²) in [6, 6.07) is 8.87. The molecule has 7 nitrogen and oxygen atoms in total. The second-order valence-electron chi connectivity index (χ2n) is 8.71. The van der Waals surface area contributed by atoms with E-state index >= 15 is 0 Å². The normalized spacial score (nSPS) is 11.2. The van der Waals surface area contributed by atoms with Crippen molar-refractivity contribution < 1.29 is 4.42 Å². The number of nitrogens with zero attached hydrogens (tertiary/aromatic N) is 1. The molecule has 2 rings (SSSR count). The summed E-state index contributed by atoms with van der Waals surface area (Å²) >= 11 is 0. The van der Waals surface area contributed by atoms with E-state index in [1.165, 1.54) is 56.1 Å². The Hall–Kier alpha value is -2.41. The highest BCUT2D eigenvalue weighted by Crippen LogP contribution is 2.33. The zero-order valence-electron chi connectivity index (χ0n) is 21.0. The fourth-order valence-corrected chi connectivity index (χ4v) is 3.88. The monoisotopic (exact) mass is 461 g/mol. The van der Waals surface area contributed by atoms with Crippen LogP contribution in [0.4, 0.5) is 0 Å². The van der Waals surface area contributed by atoms with Crippen LogP contribution in [0.25, 0.3) is 0 Å². The van der Waals surface area contributed by atoms with Gasteiger partial charge in [-0.2, -0.15) is 0 Å². The van der Waals surface area contributed by atoms with Gasteiger partial charge in [-0.1, -0.05) is 90.5 Å². The van der Waals surface area contributed by atoms with Gasteiger partial charge in [0.05, 0.1) is 0 Å². The fraction of sp³-hybridized carbons (Fsp3) is 0.654. The number of hydrogen-bond donors (Lipinski definition) is 2. The first-order valence-corrected chi connectivity index (χ1v) is 12.5. The fourth-order valence-electron chi connectivity index (χ4n) is 3.88. The lowest BCUT2D eigenvalue weighted by atomic mass is 9.78. The molecule has 0 amide bonds. The zero-order chi connectivity index (χ0) is 24.7. The lowest BCUT2D eigenvalue weighted by molar-refractivity contribution is 0.351. The maximum Gasteiger partial charge on any atom is 0.427 e. The van der Waals surface area contributed by atoms with Gasteiger partial charge in [-0.05, 0) is 43.2 Å². The molecule has 0 aliphatic rings. The van der Waals surface area contributed by atoms with Crippen LogP contribution in [-0.4, -0.2) is 9.55 Å². The molecule has 0 atom stereocenters. The third-order valence-corrected chi connectivity index (χ3v) is 5.90. The van der Waals surface area contributed by atoms with Crippen molar-refractivity contribution in [3.05, 3.63) is 67.0 Å². The molecule has 0 unspecified atom stereocenters. The molecule has 0 saturated heterocycles. The summed E-state index contributed by atoms with van der Waals surface area (Å²) in [6.07, 6.45) is 12.4. The van der Waals surface area contributed by atoms with E-state index in [1.54, 1.807) is 0 Å². The van der Waals surface area contributed by atoms with Crippen LogP contribution in [0.3, 0.4) is 0 Å². The van der Waals surface area contributed by atoms with Crippen molar-refractivity contribution in [1.82, 2.24) is 9.55 Å². The minimum atomic E-state index is -1.01. The van der Waals surface area contributed by atoms with Crippen molar-refractivity contribution in [1.29, 1.82) is 0 Å². The van der Waals surface area contributed by atoms with E-state index < -0.39 is 17.2 Å². The number of rotatable bonds is 13. The van der Waals surface area contributed by atoms with Crippen molar-refractivity contribution in [2.45, 2.75) is 110 Å². The van der Waals surface area contributed by atoms with Crippen LogP contribution in [0.5, 0.6) is 0 Å². The van der Waals surface area contributed by atoms with E-state index in [2.05, 4.69) is 49.5 Å². The molecule has 0 radical (unpaired) electrons. The molecule has 1 aromatic carbocycles. The van der Waals surface area contributed by atoms with Crippen molar-refractivity contribution >= 4 is 0 Å². The molecule has 2 aromatic rings.